The van der Waals surface area contributed by atoms with E-state index in [2.05, 4.69) is 5.32 Å². The lowest BCUT2D eigenvalue weighted by molar-refractivity contribution is -0.128. The molecule has 0 aliphatic carbocycles. The highest BCUT2D eigenvalue weighted by molar-refractivity contribution is 6.19. The molecule has 23 heavy (non-hydrogen) atoms. The van der Waals surface area contributed by atoms with Crippen molar-refractivity contribution in [2.45, 2.75) is 5.54 Å². The summed E-state index contributed by atoms with van der Waals surface area (Å²) in [6.07, 6.45) is 0. The molecule has 7 nitrogen and oxygen atoms in total. The summed E-state index contributed by atoms with van der Waals surface area (Å²) in [5.74, 6) is 4.36. The largest absolute Gasteiger partial charge is 0.346 e. The van der Waals surface area contributed by atoms with Gasteiger partial charge in [0.1, 0.15) is 0 Å². The maximum atomic E-state index is 13.0. The molecule has 0 bridgehead atoms. The summed E-state index contributed by atoms with van der Waals surface area (Å²) >= 11 is 0. The van der Waals surface area contributed by atoms with E-state index in [0.29, 0.717) is 16.0 Å². The number of amides is 5. The third kappa shape index (κ3) is 2.14. The summed E-state index contributed by atoms with van der Waals surface area (Å²) in [4.78, 5) is 37.5. The minimum atomic E-state index is -1.47. The molecule has 3 rings (SSSR count). The van der Waals surface area contributed by atoms with Gasteiger partial charge in [0.2, 0.25) is 0 Å². The summed E-state index contributed by atoms with van der Waals surface area (Å²) < 4.78 is 0. The van der Waals surface area contributed by atoms with E-state index < -0.39 is 23.5 Å². The minimum Gasteiger partial charge on any atom is -0.315 e. The van der Waals surface area contributed by atoms with E-state index in [0.717, 1.165) is 0 Å². The van der Waals surface area contributed by atoms with Crippen molar-refractivity contribution < 1.29 is 14.4 Å². The Balaban J connectivity index is 2.21. The number of rotatable bonds is 2. The molecule has 0 spiro atoms. The Bertz CT molecular complexity index is 722. The SMILES string of the molecule is NNC(=O)N1C(=O)NC(c2ccccc2)(c2ccccc2)C1=O. The number of nitrogens with two attached hydrogens (primary N) is 1. The van der Waals surface area contributed by atoms with Crippen molar-refractivity contribution in [1.29, 1.82) is 0 Å². The highest BCUT2D eigenvalue weighted by Gasteiger charge is 2.55. The zero-order valence-electron chi connectivity index (χ0n) is 12.0. The third-order valence-electron chi connectivity index (χ3n) is 3.76. The standard InChI is InChI=1S/C16H14N4O3/c17-19-15(23)20-13(21)16(18-14(20)22,11-7-3-1-4-8-11)12-9-5-2-6-10-12/h1-10H,17H2,(H,18,22)(H,19,23). The van der Waals surface area contributed by atoms with Gasteiger partial charge in [-0.2, -0.15) is 4.90 Å². The van der Waals surface area contributed by atoms with Crippen molar-refractivity contribution in [1.82, 2.24) is 15.6 Å². The van der Waals surface area contributed by atoms with Crippen LogP contribution in [0.3, 0.4) is 0 Å². The number of nitrogens with zero attached hydrogens (tertiary/aromatic N) is 1. The summed E-state index contributed by atoms with van der Waals surface area (Å²) in [5, 5.41) is 2.64. The number of hydrazine groups is 1. The van der Waals surface area contributed by atoms with Gasteiger partial charge in [-0.05, 0) is 11.1 Å². The van der Waals surface area contributed by atoms with Crippen LogP contribution in [-0.4, -0.2) is 22.9 Å². The highest BCUT2D eigenvalue weighted by Crippen LogP contribution is 2.35. The van der Waals surface area contributed by atoms with Crippen molar-refractivity contribution in [3.8, 4) is 0 Å². The average Bonchev–Trinajstić information content (AvgIpc) is 2.87. The van der Waals surface area contributed by atoms with E-state index in [4.69, 9.17) is 5.84 Å². The monoisotopic (exact) mass is 310 g/mol. The third-order valence-corrected chi connectivity index (χ3v) is 3.76. The van der Waals surface area contributed by atoms with E-state index in [1.807, 2.05) is 5.43 Å². The van der Waals surface area contributed by atoms with Gasteiger partial charge in [0, 0.05) is 0 Å². The molecule has 2 aromatic carbocycles. The fourth-order valence-electron chi connectivity index (χ4n) is 2.71. The smallest absolute Gasteiger partial charge is 0.315 e. The maximum Gasteiger partial charge on any atom is 0.346 e. The van der Waals surface area contributed by atoms with Gasteiger partial charge in [-0.25, -0.2) is 15.4 Å². The van der Waals surface area contributed by atoms with Crippen molar-refractivity contribution >= 4 is 18.0 Å². The van der Waals surface area contributed by atoms with Crippen LogP contribution in [0.5, 0.6) is 0 Å². The highest BCUT2D eigenvalue weighted by atomic mass is 16.2. The Morgan fingerprint density at radius 1 is 0.957 bits per heavy atom. The molecule has 0 unspecified atom stereocenters. The van der Waals surface area contributed by atoms with Crippen LogP contribution in [0.25, 0.3) is 0 Å². The van der Waals surface area contributed by atoms with Gasteiger partial charge in [0.15, 0.2) is 5.54 Å². The van der Waals surface area contributed by atoms with E-state index in [1.165, 1.54) is 0 Å². The number of benzene rings is 2. The molecular formula is C16H14N4O3. The number of carbonyl (C=O) groups excluding carboxylic acids is 3. The second-order valence-corrected chi connectivity index (χ2v) is 5.00. The van der Waals surface area contributed by atoms with Crippen LogP contribution in [0.1, 0.15) is 11.1 Å². The van der Waals surface area contributed by atoms with E-state index in [-0.39, 0.29) is 0 Å². The fourth-order valence-corrected chi connectivity index (χ4v) is 2.71. The first kappa shape index (κ1) is 14.7. The molecule has 0 aromatic heterocycles. The van der Waals surface area contributed by atoms with Gasteiger partial charge < -0.3 is 5.32 Å². The molecule has 1 aliphatic rings. The zero-order chi connectivity index (χ0) is 16.4. The molecule has 1 heterocycles. The lowest BCUT2D eigenvalue weighted by Gasteiger charge is -2.27. The molecular weight excluding hydrogens is 296 g/mol. The molecule has 116 valence electrons. The van der Waals surface area contributed by atoms with Gasteiger partial charge >= 0.3 is 12.1 Å². The Kier molecular flexibility index (Phi) is 3.55. The fraction of sp³-hybridized carbons (Fsp3) is 0.0625. The Hall–Kier alpha value is -3.19. The van der Waals surface area contributed by atoms with Crippen LogP contribution in [0.15, 0.2) is 60.7 Å². The lowest BCUT2D eigenvalue weighted by atomic mass is 9.83. The van der Waals surface area contributed by atoms with Crippen molar-refractivity contribution in [3.05, 3.63) is 71.8 Å². The molecule has 0 radical (unpaired) electrons. The summed E-state index contributed by atoms with van der Waals surface area (Å²) in [7, 11) is 0. The first-order chi connectivity index (χ1) is 11.1. The first-order valence-corrected chi connectivity index (χ1v) is 6.89. The zero-order valence-corrected chi connectivity index (χ0v) is 12.0. The molecule has 1 fully saturated rings. The molecule has 5 amide bonds. The molecule has 1 aliphatic heterocycles. The van der Waals surface area contributed by atoms with E-state index in [9.17, 15) is 14.4 Å². The Labute approximate surface area is 132 Å². The topological polar surface area (TPSA) is 105 Å². The predicted molar refractivity (Wildman–Crippen MR) is 81.8 cm³/mol. The Morgan fingerprint density at radius 2 is 1.43 bits per heavy atom. The van der Waals surface area contributed by atoms with Crippen LogP contribution in [0.2, 0.25) is 0 Å². The number of carbonyl (C=O) groups is 3. The van der Waals surface area contributed by atoms with Crippen LogP contribution in [0.4, 0.5) is 9.59 Å². The molecule has 4 N–H and O–H groups in total. The molecule has 0 saturated carbocycles. The molecule has 1 saturated heterocycles. The van der Waals surface area contributed by atoms with Crippen LogP contribution in [-0.2, 0) is 10.3 Å². The van der Waals surface area contributed by atoms with Crippen LogP contribution >= 0.6 is 0 Å². The number of nitrogens with one attached hydrogen (secondary N) is 2. The minimum absolute atomic E-state index is 0.472. The number of hydrogen-bond acceptors (Lipinski definition) is 4. The maximum absolute atomic E-state index is 13.0. The Morgan fingerprint density at radius 3 is 1.87 bits per heavy atom. The number of imide groups is 3. The average molecular weight is 310 g/mol. The van der Waals surface area contributed by atoms with Gasteiger partial charge in [-0.15, -0.1) is 0 Å². The first-order valence-electron chi connectivity index (χ1n) is 6.89. The van der Waals surface area contributed by atoms with Gasteiger partial charge in [-0.3, -0.25) is 10.2 Å². The van der Waals surface area contributed by atoms with Crippen LogP contribution < -0.4 is 16.6 Å². The summed E-state index contributed by atoms with van der Waals surface area (Å²) in [6.45, 7) is 0. The van der Waals surface area contributed by atoms with Crippen molar-refractivity contribution in [2.24, 2.45) is 5.84 Å². The predicted octanol–water partition coefficient (Wildman–Crippen LogP) is 1.07. The molecule has 7 heteroatoms. The molecule has 2 aromatic rings. The summed E-state index contributed by atoms with van der Waals surface area (Å²) in [6, 6.07) is 15.7. The van der Waals surface area contributed by atoms with Crippen molar-refractivity contribution in [2.75, 3.05) is 0 Å². The van der Waals surface area contributed by atoms with E-state index in [1.54, 1.807) is 60.7 Å². The van der Waals surface area contributed by atoms with Gasteiger partial charge in [-0.1, -0.05) is 60.7 Å². The second kappa shape index (κ2) is 5.54. The lowest BCUT2D eigenvalue weighted by Crippen LogP contribution is -2.49. The number of urea groups is 2. The van der Waals surface area contributed by atoms with Crippen LogP contribution in [0, 0.1) is 0 Å². The molecule has 0 atom stereocenters. The van der Waals surface area contributed by atoms with E-state index >= 15 is 0 Å². The quantitative estimate of drug-likeness (QED) is 0.334. The van der Waals surface area contributed by atoms with Gasteiger partial charge in [0.25, 0.3) is 5.91 Å². The van der Waals surface area contributed by atoms with Crippen molar-refractivity contribution in [3.63, 3.8) is 0 Å². The summed E-state index contributed by atoms with van der Waals surface area (Å²) in [5.41, 5.74) is 1.45. The normalized spacial score (nSPS) is 16.1. The number of hydrogen-bond donors (Lipinski definition) is 3. The van der Waals surface area contributed by atoms with Gasteiger partial charge in [0.05, 0.1) is 0 Å². The second-order valence-electron chi connectivity index (χ2n) is 5.00.